The van der Waals surface area contributed by atoms with Crippen LogP contribution in [0.25, 0.3) is 0 Å². The average molecular weight is 361 g/mol. The molecule has 138 valence electrons. The zero-order valence-electron chi connectivity index (χ0n) is 15.5. The molecule has 0 atom stereocenters. The summed E-state index contributed by atoms with van der Waals surface area (Å²) in [5.41, 5.74) is 4.24. The number of rotatable bonds is 7. The molecular formula is C22H23N3O2. The number of nitrogens with one attached hydrogen (secondary N) is 2. The van der Waals surface area contributed by atoms with Crippen molar-refractivity contribution in [3.8, 4) is 5.75 Å². The number of hydrogen-bond donors (Lipinski definition) is 2. The number of pyridine rings is 1. The van der Waals surface area contributed by atoms with Gasteiger partial charge in [-0.25, -0.2) is 0 Å². The average Bonchev–Trinajstić information content (AvgIpc) is 2.70. The van der Waals surface area contributed by atoms with E-state index >= 15 is 0 Å². The van der Waals surface area contributed by atoms with Crippen molar-refractivity contribution in [1.29, 1.82) is 0 Å². The zero-order valence-corrected chi connectivity index (χ0v) is 15.5. The Hall–Kier alpha value is -3.34. The number of nitrogens with zero attached hydrogens (tertiary/aromatic N) is 1. The number of carbonyl (C=O) groups is 1. The first-order valence-electron chi connectivity index (χ1n) is 8.85. The Bertz CT molecular complexity index is 925. The topological polar surface area (TPSA) is 63.2 Å². The monoisotopic (exact) mass is 361 g/mol. The molecule has 0 aliphatic carbocycles. The number of ether oxygens (including phenoxy) is 1. The Morgan fingerprint density at radius 3 is 2.74 bits per heavy atom. The summed E-state index contributed by atoms with van der Waals surface area (Å²) in [7, 11) is 1.66. The van der Waals surface area contributed by atoms with Crippen LogP contribution in [0.1, 0.15) is 21.6 Å². The molecule has 0 aliphatic heterocycles. The lowest BCUT2D eigenvalue weighted by molar-refractivity contribution is 0.102. The highest BCUT2D eigenvalue weighted by molar-refractivity contribution is 6.03. The van der Waals surface area contributed by atoms with E-state index in [0.717, 1.165) is 35.7 Å². The van der Waals surface area contributed by atoms with Crippen molar-refractivity contribution in [2.75, 3.05) is 24.3 Å². The van der Waals surface area contributed by atoms with Gasteiger partial charge in [-0.05, 0) is 54.8 Å². The number of aryl methyl sites for hydroxylation is 1. The summed E-state index contributed by atoms with van der Waals surface area (Å²) in [5, 5.41) is 6.25. The molecule has 0 saturated heterocycles. The van der Waals surface area contributed by atoms with Gasteiger partial charge in [0.25, 0.3) is 5.91 Å². The van der Waals surface area contributed by atoms with E-state index in [1.54, 1.807) is 19.4 Å². The summed E-state index contributed by atoms with van der Waals surface area (Å²) in [4.78, 5) is 16.7. The molecule has 0 fully saturated rings. The van der Waals surface area contributed by atoms with Gasteiger partial charge in [0, 0.05) is 24.1 Å². The highest BCUT2D eigenvalue weighted by Crippen LogP contribution is 2.16. The van der Waals surface area contributed by atoms with E-state index in [2.05, 4.69) is 21.7 Å². The van der Waals surface area contributed by atoms with Crippen molar-refractivity contribution >= 4 is 17.3 Å². The summed E-state index contributed by atoms with van der Waals surface area (Å²) >= 11 is 0. The predicted molar refractivity (Wildman–Crippen MR) is 109 cm³/mol. The fraction of sp³-hybridized carbons (Fsp3) is 0.182. The molecule has 3 aromatic rings. The molecule has 27 heavy (non-hydrogen) atoms. The third kappa shape index (κ3) is 5.07. The van der Waals surface area contributed by atoms with E-state index in [0.29, 0.717) is 5.69 Å². The summed E-state index contributed by atoms with van der Waals surface area (Å²) in [6.45, 7) is 2.70. The minimum atomic E-state index is -0.222. The number of amides is 1. The number of benzene rings is 2. The van der Waals surface area contributed by atoms with Gasteiger partial charge in [0.15, 0.2) is 0 Å². The maximum absolute atomic E-state index is 12.5. The standard InChI is InChI=1S/C22H23N3O2/c1-16-6-3-4-9-20(16)25-22(26)21-15-18(11-13-24-21)23-12-10-17-7-5-8-19(14-17)27-2/h3-9,11,13-15H,10,12H2,1-2H3,(H,23,24)(H,25,26). The highest BCUT2D eigenvalue weighted by Gasteiger charge is 2.09. The number of anilines is 2. The molecule has 0 spiro atoms. The summed E-state index contributed by atoms with van der Waals surface area (Å²) in [5.74, 6) is 0.632. The van der Waals surface area contributed by atoms with Gasteiger partial charge in [-0.1, -0.05) is 30.3 Å². The lowest BCUT2D eigenvalue weighted by Crippen LogP contribution is -2.15. The van der Waals surface area contributed by atoms with Crippen molar-refractivity contribution < 1.29 is 9.53 Å². The molecule has 1 heterocycles. The summed E-state index contributed by atoms with van der Waals surface area (Å²) in [6.07, 6.45) is 2.49. The number of aromatic nitrogens is 1. The van der Waals surface area contributed by atoms with E-state index in [1.165, 1.54) is 5.56 Å². The van der Waals surface area contributed by atoms with E-state index < -0.39 is 0 Å². The van der Waals surface area contributed by atoms with Crippen LogP contribution >= 0.6 is 0 Å². The molecule has 5 nitrogen and oxygen atoms in total. The molecule has 0 radical (unpaired) electrons. The van der Waals surface area contributed by atoms with Crippen LogP contribution in [0.2, 0.25) is 0 Å². The second kappa shape index (κ2) is 8.85. The van der Waals surface area contributed by atoms with Crippen LogP contribution in [0, 0.1) is 6.92 Å². The SMILES string of the molecule is COc1cccc(CCNc2ccnc(C(=O)Nc3ccccc3C)c2)c1. The van der Waals surface area contributed by atoms with Gasteiger partial charge >= 0.3 is 0 Å². The minimum Gasteiger partial charge on any atom is -0.497 e. The molecule has 3 rings (SSSR count). The third-order valence-electron chi connectivity index (χ3n) is 4.26. The smallest absolute Gasteiger partial charge is 0.274 e. The predicted octanol–water partition coefficient (Wildman–Crippen LogP) is 4.31. The maximum Gasteiger partial charge on any atom is 0.274 e. The normalized spacial score (nSPS) is 10.3. The molecule has 2 N–H and O–H groups in total. The van der Waals surface area contributed by atoms with Crippen LogP contribution in [0.5, 0.6) is 5.75 Å². The highest BCUT2D eigenvalue weighted by atomic mass is 16.5. The van der Waals surface area contributed by atoms with E-state index in [-0.39, 0.29) is 5.91 Å². The first kappa shape index (κ1) is 18.5. The Kier molecular flexibility index (Phi) is 6.05. The largest absolute Gasteiger partial charge is 0.497 e. The number of carbonyl (C=O) groups excluding carboxylic acids is 1. The second-order valence-electron chi connectivity index (χ2n) is 6.23. The van der Waals surface area contributed by atoms with Gasteiger partial charge in [-0.3, -0.25) is 9.78 Å². The Morgan fingerprint density at radius 1 is 1.07 bits per heavy atom. The Labute approximate surface area is 159 Å². The molecule has 5 heteroatoms. The second-order valence-corrected chi connectivity index (χ2v) is 6.23. The van der Waals surface area contributed by atoms with Crippen molar-refractivity contribution in [2.45, 2.75) is 13.3 Å². The van der Waals surface area contributed by atoms with Gasteiger partial charge in [0.2, 0.25) is 0 Å². The fourth-order valence-electron chi connectivity index (χ4n) is 2.74. The summed E-state index contributed by atoms with van der Waals surface area (Å²) in [6, 6.07) is 19.3. The molecule has 0 unspecified atom stereocenters. The first-order chi connectivity index (χ1) is 13.2. The van der Waals surface area contributed by atoms with Crippen molar-refractivity contribution in [2.24, 2.45) is 0 Å². The zero-order chi connectivity index (χ0) is 19.1. The van der Waals surface area contributed by atoms with Crippen LogP contribution in [-0.2, 0) is 6.42 Å². The minimum absolute atomic E-state index is 0.222. The molecule has 0 saturated carbocycles. The van der Waals surface area contributed by atoms with E-state index in [4.69, 9.17) is 4.74 Å². The number of para-hydroxylation sites is 1. The number of methoxy groups -OCH3 is 1. The van der Waals surface area contributed by atoms with E-state index in [1.807, 2.05) is 55.5 Å². The van der Waals surface area contributed by atoms with Crippen molar-refractivity contribution in [1.82, 2.24) is 4.98 Å². The van der Waals surface area contributed by atoms with Crippen LogP contribution in [0.3, 0.4) is 0 Å². The van der Waals surface area contributed by atoms with Crippen LogP contribution in [0.15, 0.2) is 66.9 Å². The maximum atomic E-state index is 12.5. The van der Waals surface area contributed by atoms with Gasteiger partial charge in [-0.15, -0.1) is 0 Å². The third-order valence-corrected chi connectivity index (χ3v) is 4.26. The summed E-state index contributed by atoms with van der Waals surface area (Å²) < 4.78 is 5.25. The fourth-order valence-corrected chi connectivity index (χ4v) is 2.74. The number of hydrogen-bond acceptors (Lipinski definition) is 4. The van der Waals surface area contributed by atoms with E-state index in [9.17, 15) is 4.79 Å². The molecule has 1 amide bonds. The van der Waals surface area contributed by atoms with Crippen LogP contribution in [0.4, 0.5) is 11.4 Å². The lowest BCUT2D eigenvalue weighted by Gasteiger charge is -2.10. The molecule has 0 bridgehead atoms. The molecule has 0 aliphatic rings. The van der Waals surface area contributed by atoms with Gasteiger partial charge in [0.05, 0.1) is 7.11 Å². The van der Waals surface area contributed by atoms with Crippen molar-refractivity contribution in [3.63, 3.8) is 0 Å². The molecule has 2 aromatic carbocycles. The van der Waals surface area contributed by atoms with Crippen LogP contribution in [-0.4, -0.2) is 24.5 Å². The van der Waals surface area contributed by atoms with Crippen LogP contribution < -0.4 is 15.4 Å². The molecule has 1 aromatic heterocycles. The quantitative estimate of drug-likeness (QED) is 0.658. The van der Waals surface area contributed by atoms with Gasteiger partial charge < -0.3 is 15.4 Å². The Morgan fingerprint density at radius 2 is 1.93 bits per heavy atom. The van der Waals surface area contributed by atoms with Crippen molar-refractivity contribution in [3.05, 3.63) is 83.7 Å². The first-order valence-corrected chi connectivity index (χ1v) is 8.85. The van der Waals surface area contributed by atoms with Gasteiger partial charge in [-0.2, -0.15) is 0 Å². The Balaban J connectivity index is 1.59. The molecular weight excluding hydrogens is 338 g/mol. The van der Waals surface area contributed by atoms with Gasteiger partial charge in [0.1, 0.15) is 11.4 Å². The lowest BCUT2D eigenvalue weighted by atomic mass is 10.1.